The van der Waals surface area contributed by atoms with E-state index < -0.39 is 0 Å². The van der Waals surface area contributed by atoms with E-state index in [0.717, 1.165) is 6.54 Å². The smallest absolute Gasteiger partial charge is 0.0601 e. The van der Waals surface area contributed by atoms with E-state index in [1.54, 1.807) is 7.11 Å². The van der Waals surface area contributed by atoms with E-state index in [9.17, 15) is 5.11 Å². The third kappa shape index (κ3) is 3.20. The Morgan fingerprint density at radius 1 is 1.57 bits per heavy atom. The highest BCUT2D eigenvalue weighted by Gasteiger charge is 2.34. The molecule has 0 aliphatic heterocycles. The number of ether oxygens (including phenoxy) is 1. The fourth-order valence-electron chi connectivity index (χ4n) is 1.80. The molecular weight excluding hydrogens is 180 g/mol. The number of methoxy groups -OCH3 is 1. The summed E-state index contributed by atoms with van der Waals surface area (Å²) < 4.78 is 5.06. The van der Waals surface area contributed by atoms with Crippen molar-refractivity contribution in [2.24, 2.45) is 5.73 Å². The van der Waals surface area contributed by atoms with Crippen molar-refractivity contribution in [2.75, 3.05) is 26.9 Å². The van der Waals surface area contributed by atoms with E-state index in [-0.39, 0.29) is 18.7 Å². The van der Waals surface area contributed by atoms with Gasteiger partial charge in [0, 0.05) is 31.8 Å². The Morgan fingerprint density at radius 3 is 2.57 bits per heavy atom. The summed E-state index contributed by atoms with van der Waals surface area (Å²) in [6, 6.07) is 0.711. The summed E-state index contributed by atoms with van der Waals surface area (Å²) in [6.45, 7) is 3.66. The lowest BCUT2D eigenvalue weighted by molar-refractivity contribution is 0.0708. The first-order chi connectivity index (χ1) is 6.70. The Balaban J connectivity index is 2.45. The zero-order valence-corrected chi connectivity index (χ0v) is 9.15. The molecule has 0 heterocycles. The van der Waals surface area contributed by atoms with E-state index in [1.807, 2.05) is 6.92 Å². The molecule has 2 unspecified atom stereocenters. The van der Waals surface area contributed by atoms with Crippen LogP contribution in [0.15, 0.2) is 0 Å². The highest BCUT2D eigenvalue weighted by Crippen LogP contribution is 2.28. The summed E-state index contributed by atoms with van der Waals surface area (Å²) >= 11 is 0. The standard InChI is InChI=1S/C10H22N2O2/c1-8(11)10(7-13)12(5-6-14-2)9-3-4-9/h8-10,13H,3-7,11H2,1-2H3. The van der Waals surface area contributed by atoms with E-state index in [4.69, 9.17) is 10.5 Å². The van der Waals surface area contributed by atoms with Gasteiger partial charge in [-0.2, -0.15) is 0 Å². The van der Waals surface area contributed by atoms with E-state index in [0.29, 0.717) is 12.6 Å². The van der Waals surface area contributed by atoms with Crippen molar-refractivity contribution in [2.45, 2.75) is 37.9 Å². The highest BCUT2D eigenvalue weighted by molar-refractivity contribution is 4.91. The van der Waals surface area contributed by atoms with Crippen LogP contribution in [-0.4, -0.2) is 55.0 Å². The van der Waals surface area contributed by atoms with Crippen LogP contribution in [0.2, 0.25) is 0 Å². The average Bonchev–Trinajstić information content (AvgIpc) is 2.94. The highest BCUT2D eigenvalue weighted by atomic mass is 16.5. The maximum absolute atomic E-state index is 9.28. The van der Waals surface area contributed by atoms with Gasteiger partial charge >= 0.3 is 0 Å². The number of nitrogens with two attached hydrogens (primary N) is 1. The third-order valence-corrected chi connectivity index (χ3v) is 2.79. The lowest BCUT2D eigenvalue weighted by Gasteiger charge is -2.32. The van der Waals surface area contributed by atoms with Gasteiger partial charge in [0.1, 0.15) is 0 Å². The molecule has 0 aromatic rings. The summed E-state index contributed by atoms with van der Waals surface area (Å²) in [5, 5.41) is 9.28. The molecule has 1 aliphatic carbocycles. The lowest BCUT2D eigenvalue weighted by atomic mass is 10.1. The maximum Gasteiger partial charge on any atom is 0.0601 e. The fourth-order valence-corrected chi connectivity index (χ4v) is 1.80. The Morgan fingerprint density at radius 2 is 2.21 bits per heavy atom. The molecule has 0 spiro atoms. The normalized spacial score (nSPS) is 21.2. The predicted octanol–water partition coefficient (Wildman–Crippen LogP) is -0.195. The van der Waals surface area contributed by atoms with Gasteiger partial charge in [-0.3, -0.25) is 4.90 Å². The van der Waals surface area contributed by atoms with Crippen LogP contribution in [0.3, 0.4) is 0 Å². The number of hydrogen-bond acceptors (Lipinski definition) is 4. The van der Waals surface area contributed by atoms with Gasteiger partial charge in [-0.1, -0.05) is 0 Å². The summed E-state index contributed by atoms with van der Waals surface area (Å²) in [4.78, 5) is 2.29. The first kappa shape index (κ1) is 11.9. The SMILES string of the molecule is COCCN(C1CC1)C(CO)C(C)N. The molecule has 1 aliphatic rings. The molecule has 3 N–H and O–H groups in total. The molecule has 14 heavy (non-hydrogen) atoms. The molecule has 0 aromatic heterocycles. The van der Waals surface area contributed by atoms with Crippen LogP contribution in [0, 0.1) is 0 Å². The molecule has 0 saturated heterocycles. The van der Waals surface area contributed by atoms with Crippen LogP contribution in [0.1, 0.15) is 19.8 Å². The molecule has 4 heteroatoms. The van der Waals surface area contributed by atoms with E-state index in [2.05, 4.69) is 4.90 Å². The summed E-state index contributed by atoms with van der Waals surface area (Å²) in [5.74, 6) is 0. The molecule has 0 aromatic carbocycles. The number of nitrogens with zero attached hydrogens (tertiary/aromatic N) is 1. The second-order valence-corrected chi connectivity index (χ2v) is 4.07. The van der Waals surface area contributed by atoms with Crippen LogP contribution >= 0.6 is 0 Å². The number of rotatable bonds is 7. The van der Waals surface area contributed by atoms with Crippen molar-refractivity contribution in [1.82, 2.24) is 4.90 Å². The third-order valence-electron chi connectivity index (χ3n) is 2.79. The predicted molar refractivity (Wildman–Crippen MR) is 56.1 cm³/mol. The van der Waals surface area contributed by atoms with Crippen molar-refractivity contribution in [3.63, 3.8) is 0 Å². The van der Waals surface area contributed by atoms with Crippen LogP contribution in [0.25, 0.3) is 0 Å². The largest absolute Gasteiger partial charge is 0.395 e. The van der Waals surface area contributed by atoms with Gasteiger partial charge < -0.3 is 15.6 Å². The number of aliphatic hydroxyl groups is 1. The quantitative estimate of drug-likeness (QED) is 0.600. The Kier molecular flexibility index (Phi) is 4.81. The molecule has 84 valence electrons. The molecule has 1 fully saturated rings. The van der Waals surface area contributed by atoms with Crippen molar-refractivity contribution >= 4 is 0 Å². The lowest BCUT2D eigenvalue weighted by Crippen LogP contribution is -2.50. The van der Waals surface area contributed by atoms with Crippen LogP contribution in [-0.2, 0) is 4.74 Å². The van der Waals surface area contributed by atoms with Gasteiger partial charge in [0.15, 0.2) is 0 Å². The van der Waals surface area contributed by atoms with Crippen LogP contribution < -0.4 is 5.73 Å². The Hall–Kier alpha value is -0.160. The molecular formula is C10H22N2O2. The van der Waals surface area contributed by atoms with Gasteiger partial charge in [0.25, 0.3) is 0 Å². The molecule has 2 atom stereocenters. The molecule has 1 rings (SSSR count). The average molecular weight is 202 g/mol. The minimum Gasteiger partial charge on any atom is -0.395 e. The zero-order chi connectivity index (χ0) is 10.6. The minimum absolute atomic E-state index is 0.0115. The number of hydrogen-bond donors (Lipinski definition) is 2. The van der Waals surface area contributed by atoms with Crippen molar-refractivity contribution in [3.05, 3.63) is 0 Å². The molecule has 0 bridgehead atoms. The summed E-state index contributed by atoms with van der Waals surface area (Å²) in [5.41, 5.74) is 5.84. The van der Waals surface area contributed by atoms with Gasteiger partial charge in [0.05, 0.1) is 13.2 Å². The molecule has 4 nitrogen and oxygen atoms in total. The van der Waals surface area contributed by atoms with E-state index in [1.165, 1.54) is 12.8 Å². The summed E-state index contributed by atoms with van der Waals surface area (Å²) in [6.07, 6.45) is 2.46. The second kappa shape index (κ2) is 5.66. The Labute approximate surface area is 86.0 Å². The molecule has 1 saturated carbocycles. The fraction of sp³-hybridized carbons (Fsp3) is 1.00. The van der Waals surface area contributed by atoms with Gasteiger partial charge in [-0.05, 0) is 19.8 Å². The number of aliphatic hydroxyl groups excluding tert-OH is 1. The van der Waals surface area contributed by atoms with Gasteiger partial charge in [0.2, 0.25) is 0 Å². The zero-order valence-electron chi connectivity index (χ0n) is 9.15. The monoisotopic (exact) mass is 202 g/mol. The van der Waals surface area contributed by atoms with Gasteiger partial charge in [-0.25, -0.2) is 0 Å². The van der Waals surface area contributed by atoms with E-state index >= 15 is 0 Å². The summed E-state index contributed by atoms with van der Waals surface area (Å²) in [7, 11) is 1.70. The van der Waals surface area contributed by atoms with Crippen LogP contribution in [0.5, 0.6) is 0 Å². The van der Waals surface area contributed by atoms with Crippen molar-refractivity contribution in [1.29, 1.82) is 0 Å². The van der Waals surface area contributed by atoms with Crippen molar-refractivity contribution < 1.29 is 9.84 Å². The van der Waals surface area contributed by atoms with Crippen LogP contribution in [0.4, 0.5) is 0 Å². The topological polar surface area (TPSA) is 58.7 Å². The first-order valence-electron chi connectivity index (χ1n) is 5.31. The second-order valence-electron chi connectivity index (χ2n) is 4.07. The molecule has 0 amide bonds. The Bertz CT molecular complexity index is 160. The first-order valence-corrected chi connectivity index (χ1v) is 5.31. The molecule has 0 radical (unpaired) electrons. The minimum atomic E-state index is 0.0115. The maximum atomic E-state index is 9.28. The van der Waals surface area contributed by atoms with Crippen molar-refractivity contribution in [3.8, 4) is 0 Å². The van der Waals surface area contributed by atoms with Gasteiger partial charge in [-0.15, -0.1) is 0 Å².